The Labute approximate surface area is 189 Å². The van der Waals surface area contributed by atoms with Crippen LogP contribution >= 0.6 is 11.8 Å². The monoisotopic (exact) mass is 446 g/mol. The quantitative estimate of drug-likeness (QED) is 0.447. The van der Waals surface area contributed by atoms with Gasteiger partial charge in [0, 0.05) is 30.4 Å². The van der Waals surface area contributed by atoms with Gasteiger partial charge >= 0.3 is 0 Å². The molecule has 0 unspecified atom stereocenters. The Morgan fingerprint density at radius 2 is 1.91 bits per heavy atom. The molecule has 4 aromatic rings. The summed E-state index contributed by atoms with van der Waals surface area (Å²) in [6.45, 7) is 6.43. The zero-order chi connectivity index (χ0) is 21.7. The van der Waals surface area contributed by atoms with Crippen LogP contribution in [0.2, 0.25) is 0 Å². The van der Waals surface area contributed by atoms with Crippen molar-refractivity contribution in [1.82, 2.24) is 29.5 Å². The van der Waals surface area contributed by atoms with Crippen LogP contribution in [0.15, 0.2) is 53.2 Å². The maximum absolute atomic E-state index is 5.87. The smallest absolute Gasteiger partial charge is 0.165 e. The summed E-state index contributed by atoms with van der Waals surface area (Å²) < 4.78 is 7.94. The van der Waals surface area contributed by atoms with Crippen LogP contribution in [0.4, 0.5) is 17.3 Å². The molecule has 2 aliphatic rings. The molecule has 0 bridgehead atoms. The van der Waals surface area contributed by atoms with Crippen LogP contribution in [0.5, 0.6) is 0 Å². The van der Waals surface area contributed by atoms with Gasteiger partial charge in [0.2, 0.25) is 0 Å². The number of nitrogens with one attached hydrogen (secondary N) is 1. The van der Waals surface area contributed by atoms with Crippen LogP contribution in [0.1, 0.15) is 19.4 Å². The molecular weight excluding hydrogens is 424 g/mol. The van der Waals surface area contributed by atoms with E-state index in [0.29, 0.717) is 6.54 Å². The Hall–Kier alpha value is -3.24. The van der Waals surface area contributed by atoms with Crippen LogP contribution in [-0.2, 0) is 11.3 Å². The van der Waals surface area contributed by atoms with E-state index in [1.54, 1.807) is 30.5 Å². The van der Waals surface area contributed by atoms with Crippen molar-refractivity contribution >= 4 is 40.2 Å². The van der Waals surface area contributed by atoms with E-state index in [-0.39, 0.29) is 12.2 Å². The largest absolute Gasteiger partial charge is 0.372 e. The zero-order valence-corrected chi connectivity index (χ0v) is 18.6. The van der Waals surface area contributed by atoms with Crippen molar-refractivity contribution < 1.29 is 4.74 Å². The SMILES string of the molecule is C[C@@H]1CN(c2ncnc3c2ncn3Cc2ccc3c(c2)Nc2nccnc2S3)C[C@H](C)O1. The van der Waals surface area contributed by atoms with E-state index in [1.807, 2.05) is 6.33 Å². The Bertz CT molecular complexity index is 1300. The van der Waals surface area contributed by atoms with Crippen LogP contribution in [0.25, 0.3) is 11.2 Å². The van der Waals surface area contributed by atoms with Gasteiger partial charge in [-0.05, 0) is 31.5 Å². The first-order chi connectivity index (χ1) is 15.6. The summed E-state index contributed by atoms with van der Waals surface area (Å²) in [6.07, 6.45) is 7.19. The van der Waals surface area contributed by atoms with Gasteiger partial charge in [0.1, 0.15) is 11.4 Å². The Kier molecular flexibility index (Phi) is 4.69. The number of rotatable bonds is 3. The molecule has 0 radical (unpaired) electrons. The first kappa shape index (κ1) is 19.4. The fraction of sp³-hybridized carbons (Fsp3) is 0.318. The molecule has 162 valence electrons. The highest BCUT2D eigenvalue weighted by Gasteiger charge is 2.26. The summed E-state index contributed by atoms with van der Waals surface area (Å²) in [5.74, 6) is 1.66. The summed E-state index contributed by atoms with van der Waals surface area (Å²) >= 11 is 1.63. The number of hydrogen-bond acceptors (Lipinski definition) is 9. The predicted molar refractivity (Wildman–Crippen MR) is 123 cm³/mol. The fourth-order valence-electron chi connectivity index (χ4n) is 4.34. The van der Waals surface area contributed by atoms with Crippen molar-refractivity contribution in [2.45, 2.75) is 42.5 Å². The average molecular weight is 447 g/mol. The maximum atomic E-state index is 5.87. The second kappa shape index (κ2) is 7.72. The molecule has 6 rings (SSSR count). The number of fused-ring (bicyclic) bond motifs is 3. The van der Waals surface area contributed by atoms with Gasteiger partial charge in [-0.15, -0.1) is 0 Å². The third-order valence-electron chi connectivity index (χ3n) is 5.62. The van der Waals surface area contributed by atoms with Crippen molar-refractivity contribution in [3.63, 3.8) is 0 Å². The third-order valence-corrected chi connectivity index (χ3v) is 6.69. The number of hydrogen-bond donors (Lipinski definition) is 1. The van der Waals surface area contributed by atoms with Crippen molar-refractivity contribution in [2.24, 2.45) is 0 Å². The molecule has 9 nitrogen and oxygen atoms in total. The van der Waals surface area contributed by atoms with Crippen molar-refractivity contribution in [3.05, 3.63) is 48.8 Å². The molecule has 3 aromatic heterocycles. The van der Waals surface area contributed by atoms with Crippen LogP contribution in [-0.4, -0.2) is 54.8 Å². The number of ether oxygens (including phenoxy) is 1. The lowest BCUT2D eigenvalue weighted by Gasteiger charge is -2.35. The second-order valence-corrected chi connectivity index (χ2v) is 9.20. The lowest BCUT2D eigenvalue weighted by molar-refractivity contribution is -0.00538. The van der Waals surface area contributed by atoms with Gasteiger partial charge in [0.05, 0.1) is 30.8 Å². The van der Waals surface area contributed by atoms with E-state index in [0.717, 1.165) is 57.1 Å². The lowest BCUT2D eigenvalue weighted by atomic mass is 10.2. The molecule has 5 heterocycles. The van der Waals surface area contributed by atoms with E-state index < -0.39 is 0 Å². The summed E-state index contributed by atoms with van der Waals surface area (Å²) in [7, 11) is 0. The van der Waals surface area contributed by atoms with E-state index in [9.17, 15) is 0 Å². The van der Waals surface area contributed by atoms with Crippen molar-refractivity contribution in [1.29, 1.82) is 0 Å². The molecule has 1 saturated heterocycles. The molecule has 0 saturated carbocycles. The average Bonchev–Trinajstić information content (AvgIpc) is 3.20. The minimum Gasteiger partial charge on any atom is -0.372 e. The highest BCUT2D eigenvalue weighted by atomic mass is 32.2. The van der Waals surface area contributed by atoms with Crippen LogP contribution in [0, 0.1) is 0 Å². The molecule has 32 heavy (non-hydrogen) atoms. The molecule has 0 spiro atoms. The number of anilines is 3. The second-order valence-electron chi connectivity index (χ2n) is 8.17. The van der Waals surface area contributed by atoms with Gasteiger partial charge in [0.25, 0.3) is 0 Å². The maximum Gasteiger partial charge on any atom is 0.165 e. The Balaban J connectivity index is 1.29. The summed E-state index contributed by atoms with van der Waals surface area (Å²) in [5.41, 5.74) is 3.84. The standard InChI is InChI=1S/C22H22N8OS/c1-13-8-29(9-14(2)31-13)20-18-21(26-11-25-20)30(12-27-18)10-15-3-4-17-16(7-15)28-19-22(32-17)24-6-5-23-19/h3-7,11-14H,8-10H2,1-2H3,(H,23,28)/t13-,14+. The first-order valence-corrected chi connectivity index (χ1v) is 11.4. The molecule has 10 heteroatoms. The molecule has 1 fully saturated rings. The van der Waals surface area contributed by atoms with Crippen molar-refractivity contribution in [3.8, 4) is 0 Å². The zero-order valence-electron chi connectivity index (χ0n) is 17.8. The van der Waals surface area contributed by atoms with Crippen molar-refractivity contribution in [2.75, 3.05) is 23.3 Å². The molecule has 1 aromatic carbocycles. The van der Waals surface area contributed by atoms with Gasteiger partial charge in [-0.25, -0.2) is 24.9 Å². The first-order valence-electron chi connectivity index (χ1n) is 10.6. The van der Waals surface area contributed by atoms with E-state index in [4.69, 9.17) is 4.74 Å². The van der Waals surface area contributed by atoms with Gasteiger partial charge in [-0.1, -0.05) is 17.8 Å². The predicted octanol–water partition coefficient (Wildman–Crippen LogP) is 3.49. The van der Waals surface area contributed by atoms with Gasteiger partial charge in [-0.2, -0.15) is 0 Å². The summed E-state index contributed by atoms with van der Waals surface area (Å²) in [5, 5.41) is 4.29. The number of benzene rings is 1. The number of imidazole rings is 1. The summed E-state index contributed by atoms with van der Waals surface area (Å²) in [6, 6.07) is 6.41. The van der Waals surface area contributed by atoms with Gasteiger partial charge < -0.3 is 19.5 Å². The normalized spacial score (nSPS) is 20.0. The minimum atomic E-state index is 0.154. The van der Waals surface area contributed by atoms with E-state index >= 15 is 0 Å². The topological polar surface area (TPSA) is 93.9 Å². The third kappa shape index (κ3) is 3.45. The van der Waals surface area contributed by atoms with Crippen LogP contribution < -0.4 is 10.2 Å². The number of nitrogens with zero attached hydrogens (tertiary/aromatic N) is 7. The van der Waals surface area contributed by atoms with E-state index in [1.165, 1.54) is 0 Å². The van der Waals surface area contributed by atoms with Crippen LogP contribution in [0.3, 0.4) is 0 Å². The fourth-order valence-corrected chi connectivity index (χ4v) is 5.22. The summed E-state index contributed by atoms with van der Waals surface area (Å²) in [4.78, 5) is 25.9. The lowest BCUT2D eigenvalue weighted by Crippen LogP contribution is -2.46. The number of morpholine rings is 1. The molecule has 2 aliphatic heterocycles. The van der Waals surface area contributed by atoms with Gasteiger partial charge in [-0.3, -0.25) is 0 Å². The highest BCUT2D eigenvalue weighted by Crippen LogP contribution is 2.42. The molecule has 2 atom stereocenters. The van der Waals surface area contributed by atoms with E-state index in [2.05, 4.69) is 71.8 Å². The minimum absolute atomic E-state index is 0.154. The molecule has 1 N–H and O–H groups in total. The molecule has 0 amide bonds. The molecule has 0 aliphatic carbocycles. The van der Waals surface area contributed by atoms with Gasteiger partial charge in [0.15, 0.2) is 22.8 Å². The molecular formula is C22H22N8OS. The number of aromatic nitrogens is 6. The Morgan fingerprint density at radius 3 is 2.78 bits per heavy atom. The Morgan fingerprint density at radius 1 is 1.06 bits per heavy atom. The highest BCUT2D eigenvalue weighted by molar-refractivity contribution is 7.99.